The molecule has 7 nitrogen and oxygen atoms in total. The van der Waals surface area contributed by atoms with E-state index < -0.39 is 17.8 Å². The molecule has 3 unspecified atom stereocenters. The van der Waals surface area contributed by atoms with Crippen molar-refractivity contribution in [2.24, 2.45) is 13.0 Å². The first-order chi connectivity index (χ1) is 16.2. The molecule has 0 radical (unpaired) electrons. The van der Waals surface area contributed by atoms with Gasteiger partial charge in [0.15, 0.2) is 0 Å². The molecule has 3 heterocycles. The predicted molar refractivity (Wildman–Crippen MR) is 117 cm³/mol. The molecular formula is C24H23F3N6O. The average molecular weight is 468 g/mol. The maximum Gasteiger partial charge on any atom is 0.433 e. The molecular weight excluding hydrogens is 445 g/mol. The summed E-state index contributed by atoms with van der Waals surface area (Å²) in [5.41, 5.74) is 1.49. The summed E-state index contributed by atoms with van der Waals surface area (Å²) in [6.45, 7) is 2.11. The molecule has 3 aromatic heterocycles. The maximum absolute atomic E-state index is 12.9. The van der Waals surface area contributed by atoms with Gasteiger partial charge in [0.25, 0.3) is 5.91 Å². The molecule has 10 heteroatoms. The zero-order valence-electron chi connectivity index (χ0n) is 18.7. The fourth-order valence-electron chi connectivity index (χ4n) is 4.46. The Morgan fingerprint density at radius 2 is 2.03 bits per heavy atom. The topological polar surface area (TPSA) is 96.5 Å². The van der Waals surface area contributed by atoms with Gasteiger partial charge in [-0.2, -0.15) is 23.5 Å². The van der Waals surface area contributed by atoms with Gasteiger partial charge in [-0.1, -0.05) is 6.92 Å². The van der Waals surface area contributed by atoms with Crippen LogP contribution in [0.4, 0.5) is 13.2 Å². The zero-order valence-corrected chi connectivity index (χ0v) is 18.7. The first-order valence-corrected chi connectivity index (χ1v) is 10.9. The summed E-state index contributed by atoms with van der Waals surface area (Å²) >= 11 is 0. The van der Waals surface area contributed by atoms with Crippen molar-refractivity contribution in [3.05, 3.63) is 65.4 Å². The highest BCUT2D eigenvalue weighted by Gasteiger charge is 2.34. The van der Waals surface area contributed by atoms with Gasteiger partial charge in [0.1, 0.15) is 11.8 Å². The Hall–Kier alpha value is -3.74. The lowest BCUT2D eigenvalue weighted by molar-refractivity contribution is -0.141. The lowest BCUT2D eigenvalue weighted by atomic mass is 9.74. The number of halogens is 3. The van der Waals surface area contributed by atoms with Gasteiger partial charge in [-0.3, -0.25) is 19.4 Å². The molecule has 34 heavy (non-hydrogen) atoms. The van der Waals surface area contributed by atoms with E-state index in [2.05, 4.69) is 33.4 Å². The Balaban J connectivity index is 1.51. The lowest BCUT2D eigenvalue weighted by Crippen LogP contribution is -2.40. The average Bonchev–Trinajstić information content (AvgIpc) is 3.25. The van der Waals surface area contributed by atoms with E-state index in [9.17, 15) is 23.2 Å². The van der Waals surface area contributed by atoms with Gasteiger partial charge >= 0.3 is 6.18 Å². The summed E-state index contributed by atoms with van der Waals surface area (Å²) in [6, 6.07) is 5.87. The van der Waals surface area contributed by atoms with Crippen molar-refractivity contribution in [1.82, 2.24) is 25.1 Å². The molecule has 0 saturated heterocycles. The minimum atomic E-state index is -4.62. The van der Waals surface area contributed by atoms with Crippen LogP contribution in [0.3, 0.4) is 0 Å². The summed E-state index contributed by atoms with van der Waals surface area (Å²) < 4.78 is 40.5. The molecule has 1 saturated carbocycles. The quantitative estimate of drug-likeness (QED) is 0.610. The molecule has 176 valence electrons. The van der Waals surface area contributed by atoms with E-state index in [4.69, 9.17) is 0 Å². The predicted octanol–water partition coefficient (Wildman–Crippen LogP) is 4.47. The Morgan fingerprint density at radius 1 is 1.24 bits per heavy atom. The van der Waals surface area contributed by atoms with Crippen LogP contribution in [0.1, 0.15) is 59.3 Å². The molecule has 1 amide bonds. The molecule has 1 aliphatic rings. The van der Waals surface area contributed by atoms with Gasteiger partial charge in [0.05, 0.1) is 17.5 Å². The van der Waals surface area contributed by atoms with Crippen LogP contribution in [0.5, 0.6) is 0 Å². The molecule has 0 bridgehead atoms. The second-order valence-electron chi connectivity index (χ2n) is 8.67. The Morgan fingerprint density at radius 3 is 2.71 bits per heavy atom. The van der Waals surface area contributed by atoms with Crippen molar-refractivity contribution in [3.8, 4) is 17.3 Å². The maximum atomic E-state index is 12.9. The number of nitriles is 1. The number of nitrogens with one attached hydrogen (secondary N) is 1. The van der Waals surface area contributed by atoms with Crippen molar-refractivity contribution < 1.29 is 18.0 Å². The number of aryl methyl sites for hydroxylation is 1. The molecule has 1 fully saturated rings. The third-order valence-corrected chi connectivity index (χ3v) is 6.28. The van der Waals surface area contributed by atoms with E-state index >= 15 is 0 Å². The molecule has 4 rings (SSSR count). The van der Waals surface area contributed by atoms with Crippen molar-refractivity contribution >= 4 is 5.91 Å². The lowest BCUT2D eigenvalue weighted by Gasteiger charge is -2.35. The summed E-state index contributed by atoms with van der Waals surface area (Å²) in [5, 5.41) is 16.7. The van der Waals surface area contributed by atoms with Crippen molar-refractivity contribution in [1.29, 1.82) is 5.26 Å². The minimum Gasteiger partial charge on any atom is -0.349 e. The van der Waals surface area contributed by atoms with E-state index in [1.54, 1.807) is 30.3 Å². The molecule has 0 spiro atoms. The molecule has 3 aromatic rings. The first kappa shape index (κ1) is 23.4. The first-order valence-electron chi connectivity index (χ1n) is 10.9. The van der Waals surface area contributed by atoms with Gasteiger partial charge in [0, 0.05) is 42.8 Å². The van der Waals surface area contributed by atoms with Crippen LogP contribution in [-0.4, -0.2) is 31.7 Å². The van der Waals surface area contributed by atoms with Crippen LogP contribution >= 0.6 is 0 Å². The molecule has 3 atom stereocenters. The van der Waals surface area contributed by atoms with Crippen molar-refractivity contribution in [2.75, 3.05) is 0 Å². The van der Waals surface area contributed by atoms with Crippen molar-refractivity contribution in [3.63, 3.8) is 0 Å². The number of amides is 1. The van der Waals surface area contributed by atoms with Gasteiger partial charge in [0.2, 0.25) is 0 Å². The monoisotopic (exact) mass is 468 g/mol. The van der Waals surface area contributed by atoms with Crippen LogP contribution in [0.15, 0.2) is 43.0 Å². The zero-order chi connectivity index (χ0) is 24.5. The number of hydrogen-bond acceptors (Lipinski definition) is 5. The fraction of sp³-hybridized carbons (Fsp3) is 0.375. The number of rotatable bonds is 4. The number of carbonyl (C=O) groups excluding carboxylic acids is 1. The SMILES string of the molecule is CC1CCC(NC(=O)c2ccnc(C(F)(F)F)c2)CC1c1cnc(-c2cnn(C)c2)c(C#N)c1. The number of alkyl halides is 3. The third kappa shape index (κ3) is 4.93. The van der Waals surface area contributed by atoms with E-state index in [1.165, 1.54) is 6.07 Å². The van der Waals surface area contributed by atoms with E-state index in [1.807, 2.05) is 6.07 Å². The summed E-state index contributed by atoms with van der Waals surface area (Å²) in [6.07, 6.45) is 3.72. The Kier molecular flexibility index (Phi) is 6.37. The molecule has 0 aliphatic heterocycles. The minimum absolute atomic E-state index is 0.0461. The second-order valence-corrected chi connectivity index (χ2v) is 8.67. The Labute approximate surface area is 194 Å². The number of aromatic nitrogens is 4. The van der Waals surface area contributed by atoms with E-state index in [0.29, 0.717) is 30.0 Å². The van der Waals surface area contributed by atoms with Gasteiger partial charge in [-0.25, -0.2) is 0 Å². The number of pyridine rings is 2. The smallest absolute Gasteiger partial charge is 0.349 e. The second kappa shape index (κ2) is 9.25. The van der Waals surface area contributed by atoms with Crippen LogP contribution in [0, 0.1) is 17.2 Å². The van der Waals surface area contributed by atoms with Crippen LogP contribution < -0.4 is 5.32 Å². The van der Waals surface area contributed by atoms with Crippen LogP contribution in [0.25, 0.3) is 11.3 Å². The van der Waals surface area contributed by atoms with Crippen molar-refractivity contribution in [2.45, 2.75) is 44.3 Å². The highest BCUT2D eigenvalue weighted by Crippen LogP contribution is 2.38. The van der Waals surface area contributed by atoms with Crippen LogP contribution in [-0.2, 0) is 13.2 Å². The van der Waals surface area contributed by atoms with Gasteiger partial charge < -0.3 is 5.32 Å². The highest BCUT2D eigenvalue weighted by atomic mass is 19.4. The summed E-state index contributed by atoms with van der Waals surface area (Å²) in [5.74, 6) is -0.220. The van der Waals surface area contributed by atoms with Crippen LogP contribution in [0.2, 0.25) is 0 Å². The summed E-state index contributed by atoms with van der Waals surface area (Å²) in [7, 11) is 1.79. The Bertz CT molecular complexity index is 1250. The fourth-order valence-corrected chi connectivity index (χ4v) is 4.46. The molecule has 1 N–H and O–H groups in total. The highest BCUT2D eigenvalue weighted by molar-refractivity contribution is 5.94. The largest absolute Gasteiger partial charge is 0.433 e. The number of nitrogens with zero attached hydrogens (tertiary/aromatic N) is 5. The van der Waals surface area contributed by atoms with Gasteiger partial charge in [-0.05, 0) is 54.9 Å². The van der Waals surface area contributed by atoms with E-state index in [0.717, 1.165) is 29.8 Å². The van der Waals surface area contributed by atoms with Gasteiger partial charge in [-0.15, -0.1) is 0 Å². The summed E-state index contributed by atoms with van der Waals surface area (Å²) in [4.78, 5) is 20.5. The number of carbonyl (C=O) groups is 1. The number of hydrogen-bond donors (Lipinski definition) is 1. The molecule has 1 aliphatic carbocycles. The molecule has 0 aromatic carbocycles. The standard InChI is InChI=1S/C24H23F3N6O/c1-14-3-4-19(32-23(34)15-5-6-29-21(8-15)24(25,26)27)9-20(14)17-7-16(10-28)22(30-11-17)18-12-31-33(2)13-18/h5-8,11-14,19-20H,3-4,9H2,1-2H3,(H,32,34). The normalized spacial score (nSPS) is 20.5. The third-order valence-electron chi connectivity index (χ3n) is 6.28. The van der Waals surface area contributed by atoms with E-state index in [-0.39, 0.29) is 17.5 Å².